The molecule has 1 fully saturated rings. The van der Waals surface area contributed by atoms with Crippen LogP contribution in [0.25, 0.3) is 0 Å². The summed E-state index contributed by atoms with van der Waals surface area (Å²) in [6, 6.07) is 14.8. The van der Waals surface area contributed by atoms with Crippen LogP contribution in [0.15, 0.2) is 53.4 Å². The van der Waals surface area contributed by atoms with E-state index in [9.17, 15) is 13.2 Å². The number of nitrogens with zero attached hydrogens (tertiary/aromatic N) is 1. The minimum absolute atomic E-state index is 0.0519. The monoisotopic (exact) mass is 416 g/mol. The SMILES string of the molecule is Cc1ccc(S(=O)(=O)CCC(=O)NCc2cccc(CN3CCOCC3)c2)cc1. The summed E-state index contributed by atoms with van der Waals surface area (Å²) in [7, 11) is -3.45. The van der Waals surface area contributed by atoms with Gasteiger partial charge in [-0.05, 0) is 30.2 Å². The van der Waals surface area contributed by atoms with E-state index in [4.69, 9.17) is 4.74 Å². The molecule has 0 unspecified atom stereocenters. The van der Waals surface area contributed by atoms with E-state index in [1.165, 1.54) is 5.56 Å². The van der Waals surface area contributed by atoms with E-state index in [-0.39, 0.29) is 23.0 Å². The lowest BCUT2D eigenvalue weighted by molar-refractivity contribution is -0.120. The standard InChI is InChI=1S/C22H28N2O4S/c1-18-5-7-21(8-6-18)29(26,27)14-9-22(25)23-16-19-3-2-4-20(15-19)17-24-10-12-28-13-11-24/h2-8,15H,9-14,16-17H2,1H3,(H,23,25). The van der Waals surface area contributed by atoms with Gasteiger partial charge in [0.05, 0.1) is 23.9 Å². The summed E-state index contributed by atoms with van der Waals surface area (Å²) in [5.74, 6) is -0.460. The maximum atomic E-state index is 12.4. The third kappa shape index (κ3) is 6.66. The van der Waals surface area contributed by atoms with Gasteiger partial charge in [0, 0.05) is 32.6 Å². The van der Waals surface area contributed by atoms with Crippen LogP contribution in [0, 0.1) is 6.92 Å². The van der Waals surface area contributed by atoms with E-state index in [1.54, 1.807) is 24.3 Å². The summed E-state index contributed by atoms with van der Waals surface area (Å²) in [6.07, 6.45) is -0.0519. The van der Waals surface area contributed by atoms with Gasteiger partial charge in [-0.3, -0.25) is 9.69 Å². The van der Waals surface area contributed by atoms with Crippen LogP contribution in [0.4, 0.5) is 0 Å². The molecular weight excluding hydrogens is 388 g/mol. The molecule has 6 nitrogen and oxygen atoms in total. The second kappa shape index (κ2) is 10.0. The van der Waals surface area contributed by atoms with E-state index in [1.807, 2.05) is 19.1 Å². The number of ether oxygens (including phenoxy) is 1. The molecule has 7 heteroatoms. The summed E-state index contributed by atoms with van der Waals surface area (Å²) in [5.41, 5.74) is 3.20. The molecule has 156 valence electrons. The lowest BCUT2D eigenvalue weighted by Crippen LogP contribution is -2.35. The molecule has 1 aliphatic rings. The van der Waals surface area contributed by atoms with Gasteiger partial charge < -0.3 is 10.1 Å². The van der Waals surface area contributed by atoms with E-state index in [0.29, 0.717) is 6.54 Å². The second-order valence-electron chi connectivity index (χ2n) is 7.37. The Morgan fingerprint density at radius 3 is 2.48 bits per heavy atom. The van der Waals surface area contributed by atoms with E-state index < -0.39 is 9.84 Å². The fourth-order valence-corrected chi connectivity index (χ4v) is 4.48. The van der Waals surface area contributed by atoms with Gasteiger partial charge in [-0.15, -0.1) is 0 Å². The Labute approximate surface area is 172 Å². The molecule has 2 aromatic carbocycles. The van der Waals surface area contributed by atoms with Gasteiger partial charge in [0.2, 0.25) is 5.91 Å². The van der Waals surface area contributed by atoms with Gasteiger partial charge in [0.1, 0.15) is 0 Å². The highest BCUT2D eigenvalue weighted by Crippen LogP contribution is 2.13. The van der Waals surface area contributed by atoms with Crippen molar-refractivity contribution in [2.75, 3.05) is 32.1 Å². The molecule has 0 radical (unpaired) electrons. The van der Waals surface area contributed by atoms with Crippen LogP contribution in [0.3, 0.4) is 0 Å². The lowest BCUT2D eigenvalue weighted by atomic mass is 10.1. The Bertz CT molecular complexity index is 920. The number of carbonyl (C=O) groups excluding carboxylic acids is 1. The molecule has 1 saturated heterocycles. The summed E-state index contributed by atoms with van der Waals surface area (Å²) >= 11 is 0. The normalized spacial score (nSPS) is 15.2. The van der Waals surface area contributed by atoms with Crippen molar-refractivity contribution >= 4 is 15.7 Å². The zero-order chi connectivity index (χ0) is 20.7. The second-order valence-corrected chi connectivity index (χ2v) is 9.48. The fourth-order valence-electron chi connectivity index (χ4n) is 3.23. The zero-order valence-corrected chi connectivity index (χ0v) is 17.6. The molecule has 0 saturated carbocycles. The highest BCUT2D eigenvalue weighted by molar-refractivity contribution is 7.91. The van der Waals surface area contributed by atoms with Crippen molar-refractivity contribution in [1.29, 1.82) is 0 Å². The maximum Gasteiger partial charge on any atom is 0.221 e. The molecule has 2 aromatic rings. The summed E-state index contributed by atoms with van der Waals surface area (Å²) in [4.78, 5) is 14.8. The highest BCUT2D eigenvalue weighted by atomic mass is 32.2. The van der Waals surface area contributed by atoms with E-state index in [0.717, 1.165) is 44.0 Å². The van der Waals surface area contributed by atoms with Crippen molar-refractivity contribution < 1.29 is 17.9 Å². The van der Waals surface area contributed by atoms with Crippen LogP contribution in [0.1, 0.15) is 23.1 Å². The number of carbonyl (C=O) groups is 1. The molecule has 29 heavy (non-hydrogen) atoms. The van der Waals surface area contributed by atoms with E-state index >= 15 is 0 Å². The quantitative estimate of drug-likeness (QED) is 0.715. The van der Waals surface area contributed by atoms with Crippen LogP contribution in [0.5, 0.6) is 0 Å². The first-order chi connectivity index (χ1) is 13.9. The van der Waals surface area contributed by atoms with Gasteiger partial charge in [0.15, 0.2) is 9.84 Å². The van der Waals surface area contributed by atoms with Gasteiger partial charge in [-0.2, -0.15) is 0 Å². The van der Waals surface area contributed by atoms with Gasteiger partial charge in [0.25, 0.3) is 0 Å². The Morgan fingerprint density at radius 2 is 1.76 bits per heavy atom. The number of benzene rings is 2. The first-order valence-corrected chi connectivity index (χ1v) is 11.5. The van der Waals surface area contributed by atoms with Crippen molar-refractivity contribution in [1.82, 2.24) is 10.2 Å². The fraction of sp³-hybridized carbons (Fsp3) is 0.409. The van der Waals surface area contributed by atoms with E-state index in [2.05, 4.69) is 22.3 Å². The Hall–Kier alpha value is -2.22. The van der Waals surface area contributed by atoms with Crippen molar-refractivity contribution in [3.8, 4) is 0 Å². The Kier molecular flexibility index (Phi) is 7.41. The van der Waals surface area contributed by atoms with Crippen LogP contribution in [0.2, 0.25) is 0 Å². The highest BCUT2D eigenvalue weighted by Gasteiger charge is 2.16. The number of nitrogens with one attached hydrogen (secondary N) is 1. The molecule has 3 rings (SSSR count). The molecule has 1 N–H and O–H groups in total. The van der Waals surface area contributed by atoms with Crippen molar-refractivity contribution in [2.24, 2.45) is 0 Å². The van der Waals surface area contributed by atoms with Crippen molar-refractivity contribution in [3.05, 3.63) is 65.2 Å². The zero-order valence-electron chi connectivity index (χ0n) is 16.8. The number of amides is 1. The average molecular weight is 417 g/mol. The minimum Gasteiger partial charge on any atom is -0.379 e. The molecule has 1 heterocycles. The number of aryl methyl sites for hydroxylation is 1. The maximum absolute atomic E-state index is 12.4. The summed E-state index contributed by atoms with van der Waals surface area (Å²) in [5, 5.41) is 2.83. The number of rotatable bonds is 8. The van der Waals surface area contributed by atoms with Crippen LogP contribution >= 0.6 is 0 Å². The molecule has 0 aliphatic carbocycles. The van der Waals surface area contributed by atoms with Gasteiger partial charge >= 0.3 is 0 Å². The van der Waals surface area contributed by atoms with Gasteiger partial charge in [-0.25, -0.2) is 8.42 Å². The smallest absolute Gasteiger partial charge is 0.221 e. The number of hydrogen-bond acceptors (Lipinski definition) is 5. The molecule has 1 aliphatic heterocycles. The summed E-state index contributed by atoms with van der Waals surface area (Å²) in [6.45, 7) is 6.54. The largest absolute Gasteiger partial charge is 0.379 e. The van der Waals surface area contributed by atoms with Crippen molar-refractivity contribution in [2.45, 2.75) is 31.3 Å². The minimum atomic E-state index is -3.45. The molecule has 1 amide bonds. The van der Waals surface area contributed by atoms with Gasteiger partial charge in [-0.1, -0.05) is 42.0 Å². The number of sulfone groups is 1. The molecule has 0 atom stereocenters. The third-order valence-electron chi connectivity index (χ3n) is 4.97. The predicted octanol–water partition coefficient (Wildman–Crippen LogP) is 2.31. The molecule has 0 spiro atoms. The molecule has 0 aromatic heterocycles. The summed E-state index contributed by atoms with van der Waals surface area (Å²) < 4.78 is 30.1. The average Bonchev–Trinajstić information content (AvgIpc) is 2.72. The van der Waals surface area contributed by atoms with Crippen molar-refractivity contribution in [3.63, 3.8) is 0 Å². The predicted molar refractivity (Wildman–Crippen MR) is 112 cm³/mol. The Morgan fingerprint density at radius 1 is 1.07 bits per heavy atom. The molecular formula is C22H28N2O4S. The number of morpholine rings is 1. The van der Waals surface area contributed by atoms with Crippen LogP contribution in [-0.2, 0) is 32.5 Å². The first-order valence-electron chi connectivity index (χ1n) is 9.86. The number of hydrogen-bond donors (Lipinski definition) is 1. The topological polar surface area (TPSA) is 75.7 Å². The Balaban J connectivity index is 1.47. The van der Waals surface area contributed by atoms with Crippen LogP contribution in [-0.4, -0.2) is 51.3 Å². The first kappa shape index (κ1) is 21.5. The van der Waals surface area contributed by atoms with Crippen LogP contribution < -0.4 is 5.32 Å². The third-order valence-corrected chi connectivity index (χ3v) is 6.70. The molecule has 0 bridgehead atoms. The lowest BCUT2D eigenvalue weighted by Gasteiger charge is -2.26.